The molecule has 0 saturated carbocycles. The molecule has 1 aromatic carbocycles. The number of hydrogen-bond acceptors (Lipinski definition) is 7. The Morgan fingerprint density at radius 2 is 1.84 bits per heavy atom. The molecule has 4 heterocycles. The van der Waals surface area contributed by atoms with Crippen LogP contribution in [0.15, 0.2) is 95.2 Å². The quantitative estimate of drug-likeness (QED) is 0.333. The molecule has 160 valence electrons. The van der Waals surface area contributed by atoms with Crippen molar-refractivity contribution in [1.82, 2.24) is 30.1 Å². The largest absolute Gasteiger partial charge is 0.468 e. The van der Waals surface area contributed by atoms with Crippen LogP contribution >= 0.6 is 11.3 Å². The highest BCUT2D eigenvalue weighted by molar-refractivity contribution is 7.10. The van der Waals surface area contributed by atoms with Gasteiger partial charge in [-0.15, -0.1) is 16.4 Å². The van der Waals surface area contributed by atoms with Crippen molar-refractivity contribution < 1.29 is 4.42 Å². The number of thiophene rings is 1. The highest BCUT2D eigenvalue weighted by atomic mass is 32.1. The van der Waals surface area contributed by atoms with Crippen LogP contribution in [0.5, 0.6) is 0 Å². The zero-order valence-electron chi connectivity index (χ0n) is 17.4. The lowest BCUT2D eigenvalue weighted by Crippen LogP contribution is -2.31. The number of pyridine rings is 1. The van der Waals surface area contributed by atoms with E-state index < -0.39 is 0 Å². The lowest BCUT2D eigenvalue weighted by Gasteiger charge is -2.29. The first-order valence-electron chi connectivity index (χ1n) is 10.4. The fourth-order valence-electron chi connectivity index (χ4n) is 3.76. The summed E-state index contributed by atoms with van der Waals surface area (Å²) in [5, 5.41) is 14.9. The summed E-state index contributed by atoms with van der Waals surface area (Å²) in [5.74, 6) is 1.68. The number of aromatic nitrogens is 5. The van der Waals surface area contributed by atoms with Gasteiger partial charge in [-0.2, -0.15) is 0 Å². The second-order valence-corrected chi connectivity index (χ2v) is 8.42. The van der Waals surface area contributed by atoms with Gasteiger partial charge in [0.2, 0.25) is 0 Å². The molecular weight excluding hydrogens is 420 g/mol. The molecule has 0 unspecified atom stereocenters. The Kier molecular flexibility index (Phi) is 6.13. The molecule has 0 radical (unpaired) electrons. The van der Waals surface area contributed by atoms with Crippen LogP contribution in [0.1, 0.15) is 33.6 Å². The topological polar surface area (TPSA) is 72.9 Å². The van der Waals surface area contributed by atoms with Gasteiger partial charge in [-0.05, 0) is 51.2 Å². The summed E-state index contributed by atoms with van der Waals surface area (Å²) in [6.07, 6.45) is 5.39. The molecule has 5 rings (SSSR count). The number of benzene rings is 1. The van der Waals surface area contributed by atoms with E-state index in [0.29, 0.717) is 19.6 Å². The molecule has 8 heteroatoms. The monoisotopic (exact) mass is 442 g/mol. The molecule has 0 N–H and O–H groups in total. The molecule has 1 atom stereocenters. The van der Waals surface area contributed by atoms with Crippen molar-refractivity contribution in [3.63, 3.8) is 0 Å². The van der Waals surface area contributed by atoms with Crippen molar-refractivity contribution in [2.75, 3.05) is 0 Å². The fourth-order valence-corrected chi connectivity index (χ4v) is 4.62. The minimum absolute atomic E-state index is 0.140. The standard InChI is InChI=1S/C24H22N6OS/c1-2-7-19(8-3-1)17-30-24(26-27-28-30)23(22-11-6-14-32-22)29(18-21-10-5-13-31-21)16-20-9-4-12-25-15-20/h1-15,23H,16-18H2/t23-/m0/s1. The lowest BCUT2D eigenvalue weighted by atomic mass is 10.1. The van der Waals surface area contributed by atoms with Gasteiger partial charge in [-0.3, -0.25) is 9.88 Å². The predicted octanol–water partition coefficient (Wildman–Crippen LogP) is 4.56. The van der Waals surface area contributed by atoms with Crippen molar-refractivity contribution >= 4 is 11.3 Å². The Labute approximate surface area is 190 Å². The van der Waals surface area contributed by atoms with Crippen molar-refractivity contribution in [1.29, 1.82) is 0 Å². The van der Waals surface area contributed by atoms with Crippen LogP contribution in [0.2, 0.25) is 0 Å². The van der Waals surface area contributed by atoms with Crippen LogP contribution in [0.4, 0.5) is 0 Å². The SMILES string of the molecule is c1ccc(Cn2nnnc2[C@H](c2cccs2)N(Cc2cccnc2)Cc2ccco2)cc1. The molecule has 4 aromatic heterocycles. The number of tetrazole rings is 1. The van der Waals surface area contributed by atoms with Crippen molar-refractivity contribution in [3.05, 3.63) is 118 Å². The van der Waals surface area contributed by atoms with Crippen LogP contribution in [0.25, 0.3) is 0 Å². The van der Waals surface area contributed by atoms with Gasteiger partial charge >= 0.3 is 0 Å². The maximum atomic E-state index is 5.70. The molecule has 0 fully saturated rings. The van der Waals surface area contributed by atoms with E-state index in [-0.39, 0.29) is 6.04 Å². The van der Waals surface area contributed by atoms with E-state index in [4.69, 9.17) is 4.42 Å². The average molecular weight is 443 g/mol. The molecular formula is C24H22N6OS. The second-order valence-electron chi connectivity index (χ2n) is 7.44. The highest BCUT2D eigenvalue weighted by Crippen LogP contribution is 2.33. The smallest absolute Gasteiger partial charge is 0.174 e. The van der Waals surface area contributed by atoms with Gasteiger partial charge < -0.3 is 4.42 Å². The van der Waals surface area contributed by atoms with Crippen LogP contribution < -0.4 is 0 Å². The molecule has 0 aliphatic rings. The third-order valence-electron chi connectivity index (χ3n) is 5.20. The van der Waals surface area contributed by atoms with E-state index in [1.807, 2.05) is 47.3 Å². The molecule has 0 aliphatic heterocycles. The first-order chi connectivity index (χ1) is 15.9. The summed E-state index contributed by atoms with van der Waals surface area (Å²) in [4.78, 5) is 7.80. The Morgan fingerprint density at radius 3 is 2.59 bits per heavy atom. The highest BCUT2D eigenvalue weighted by Gasteiger charge is 2.30. The maximum absolute atomic E-state index is 5.70. The third-order valence-corrected chi connectivity index (χ3v) is 6.13. The van der Waals surface area contributed by atoms with Gasteiger partial charge in [0.05, 0.1) is 19.4 Å². The zero-order chi connectivity index (χ0) is 21.6. The summed E-state index contributed by atoms with van der Waals surface area (Å²) in [5.41, 5.74) is 2.26. The van der Waals surface area contributed by atoms with Gasteiger partial charge in [0.15, 0.2) is 5.82 Å². The predicted molar refractivity (Wildman–Crippen MR) is 122 cm³/mol. The van der Waals surface area contributed by atoms with Crippen molar-refractivity contribution in [3.8, 4) is 0 Å². The molecule has 0 aliphatic carbocycles. The number of nitrogens with zero attached hydrogens (tertiary/aromatic N) is 6. The maximum Gasteiger partial charge on any atom is 0.174 e. The lowest BCUT2D eigenvalue weighted by molar-refractivity contribution is 0.182. The van der Waals surface area contributed by atoms with Gasteiger partial charge in [-0.1, -0.05) is 42.5 Å². The van der Waals surface area contributed by atoms with E-state index in [1.165, 1.54) is 4.88 Å². The first kappa shape index (κ1) is 20.3. The Hall–Kier alpha value is -3.62. The van der Waals surface area contributed by atoms with Gasteiger partial charge in [0.1, 0.15) is 11.8 Å². The van der Waals surface area contributed by atoms with Crippen LogP contribution in [-0.2, 0) is 19.6 Å². The van der Waals surface area contributed by atoms with Crippen molar-refractivity contribution in [2.24, 2.45) is 0 Å². The third kappa shape index (κ3) is 4.66. The van der Waals surface area contributed by atoms with E-state index in [2.05, 4.69) is 61.1 Å². The van der Waals surface area contributed by atoms with Gasteiger partial charge in [-0.25, -0.2) is 4.68 Å². The normalized spacial score (nSPS) is 12.3. The summed E-state index contributed by atoms with van der Waals surface area (Å²) in [6, 6.07) is 22.2. The molecule has 0 bridgehead atoms. The average Bonchev–Trinajstić information content (AvgIpc) is 3.60. The molecule has 32 heavy (non-hydrogen) atoms. The second kappa shape index (κ2) is 9.67. The minimum atomic E-state index is -0.140. The number of rotatable bonds is 9. The Morgan fingerprint density at radius 1 is 0.938 bits per heavy atom. The van der Waals surface area contributed by atoms with E-state index in [0.717, 1.165) is 22.7 Å². The van der Waals surface area contributed by atoms with E-state index in [9.17, 15) is 0 Å². The van der Waals surface area contributed by atoms with Gasteiger partial charge in [0.25, 0.3) is 0 Å². The summed E-state index contributed by atoms with van der Waals surface area (Å²) < 4.78 is 7.59. The molecule has 0 saturated heterocycles. The van der Waals surface area contributed by atoms with E-state index >= 15 is 0 Å². The van der Waals surface area contributed by atoms with Crippen LogP contribution in [0.3, 0.4) is 0 Å². The Balaban J connectivity index is 1.54. The van der Waals surface area contributed by atoms with Crippen molar-refractivity contribution in [2.45, 2.75) is 25.7 Å². The van der Waals surface area contributed by atoms with Crippen LogP contribution in [0, 0.1) is 0 Å². The zero-order valence-corrected chi connectivity index (χ0v) is 18.2. The first-order valence-corrected chi connectivity index (χ1v) is 11.2. The van der Waals surface area contributed by atoms with Crippen LogP contribution in [-0.4, -0.2) is 30.1 Å². The minimum Gasteiger partial charge on any atom is -0.468 e. The fraction of sp³-hybridized carbons (Fsp3) is 0.167. The van der Waals surface area contributed by atoms with E-state index in [1.54, 1.807) is 23.8 Å². The van der Waals surface area contributed by atoms with Gasteiger partial charge in [0, 0.05) is 23.8 Å². The Bertz CT molecular complexity index is 1210. The molecule has 0 spiro atoms. The summed E-state index contributed by atoms with van der Waals surface area (Å²) in [6.45, 7) is 1.89. The molecule has 5 aromatic rings. The summed E-state index contributed by atoms with van der Waals surface area (Å²) in [7, 11) is 0. The number of furan rings is 1. The number of hydrogen-bond donors (Lipinski definition) is 0. The molecule has 7 nitrogen and oxygen atoms in total. The summed E-state index contributed by atoms with van der Waals surface area (Å²) >= 11 is 1.70. The molecule has 0 amide bonds.